The molecular weight excluding hydrogens is 487 g/mol. The third-order valence-electron chi connectivity index (χ3n) is 6.16. The van der Waals surface area contributed by atoms with E-state index in [9.17, 15) is 14.2 Å². The molecule has 36 heavy (non-hydrogen) atoms. The molecule has 0 radical (unpaired) electrons. The van der Waals surface area contributed by atoms with Crippen LogP contribution in [0.25, 0.3) is 0 Å². The Bertz CT molecular complexity index is 600. The van der Waals surface area contributed by atoms with Crippen LogP contribution in [-0.2, 0) is 42.1 Å². The minimum atomic E-state index is -4.10. The zero-order chi connectivity index (χ0) is 27.2. The van der Waals surface area contributed by atoms with Crippen molar-refractivity contribution in [2.24, 2.45) is 11.8 Å². The van der Waals surface area contributed by atoms with Crippen molar-refractivity contribution in [1.82, 2.24) is 0 Å². The van der Waals surface area contributed by atoms with Crippen LogP contribution < -0.4 is 0 Å². The molecule has 0 spiro atoms. The Morgan fingerprint density at radius 1 is 0.722 bits per heavy atom. The SMILES string of the molecule is CCCCC(CC)COC(=O)CC(C(=O)OCC(CC)CCCC)P(=O)(OCCOC)OCCOC. The molecule has 3 unspecified atom stereocenters. The molecule has 214 valence electrons. The van der Waals surface area contributed by atoms with Gasteiger partial charge in [-0.3, -0.25) is 14.2 Å². The summed E-state index contributed by atoms with van der Waals surface area (Å²) in [5.74, 6) is -0.978. The molecule has 0 aliphatic rings. The van der Waals surface area contributed by atoms with Crippen LogP contribution in [0.4, 0.5) is 0 Å². The second-order valence-electron chi connectivity index (χ2n) is 9.06. The van der Waals surface area contributed by atoms with E-state index in [-0.39, 0.29) is 51.5 Å². The molecule has 0 heterocycles. The van der Waals surface area contributed by atoms with E-state index in [1.165, 1.54) is 14.2 Å². The number of methoxy groups -OCH3 is 2. The molecule has 0 saturated heterocycles. The second-order valence-corrected chi connectivity index (χ2v) is 11.3. The van der Waals surface area contributed by atoms with E-state index in [2.05, 4.69) is 20.8 Å². The molecule has 0 N–H and O–H groups in total. The van der Waals surface area contributed by atoms with Gasteiger partial charge in [-0.05, 0) is 24.7 Å². The fourth-order valence-electron chi connectivity index (χ4n) is 3.56. The van der Waals surface area contributed by atoms with Crippen LogP contribution in [-0.4, -0.2) is 71.5 Å². The van der Waals surface area contributed by atoms with E-state index in [0.717, 1.165) is 51.4 Å². The maximum atomic E-state index is 13.8. The number of rotatable bonds is 24. The van der Waals surface area contributed by atoms with E-state index in [4.69, 9.17) is 28.0 Å². The smallest absolute Gasteiger partial charge is 0.345 e. The van der Waals surface area contributed by atoms with E-state index in [0.29, 0.717) is 0 Å². The van der Waals surface area contributed by atoms with Gasteiger partial charge in [-0.2, -0.15) is 0 Å². The van der Waals surface area contributed by atoms with Crippen LogP contribution in [0.2, 0.25) is 0 Å². The fourth-order valence-corrected chi connectivity index (χ4v) is 5.35. The Hall–Kier alpha value is -0.990. The quantitative estimate of drug-likeness (QED) is 0.0858. The molecule has 0 aromatic heterocycles. The molecule has 0 saturated carbocycles. The molecule has 0 amide bonds. The van der Waals surface area contributed by atoms with Gasteiger partial charge in [-0.1, -0.05) is 66.2 Å². The maximum absolute atomic E-state index is 13.8. The van der Waals surface area contributed by atoms with E-state index in [1.54, 1.807) is 0 Å². The predicted molar refractivity (Wildman–Crippen MR) is 140 cm³/mol. The third-order valence-corrected chi connectivity index (χ3v) is 8.40. The van der Waals surface area contributed by atoms with Gasteiger partial charge in [0.25, 0.3) is 0 Å². The van der Waals surface area contributed by atoms with Gasteiger partial charge in [0.05, 0.1) is 46.1 Å². The van der Waals surface area contributed by atoms with Crippen LogP contribution in [0.3, 0.4) is 0 Å². The first kappa shape index (κ1) is 35.0. The number of hydrogen-bond donors (Lipinski definition) is 0. The third kappa shape index (κ3) is 15.3. The highest BCUT2D eigenvalue weighted by molar-refractivity contribution is 7.55. The number of esters is 2. The van der Waals surface area contributed by atoms with Gasteiger partial charge in [-0.25, -0.2) is 0 Å². The number of ether oxygens (including phenoxy) is 4. The first-order valence-electron chi connectivity index (χ1n) is 13.5. The van der Waals surface area contributed by atoms with E-state index >= 15 is 0 Å². The summed E-state index contributed by atoms with van der Waals surface area (Å²) < 4.78 is 45.9. The summed E-state index contributed by atoms with van der Waals surface area (Å²) in [6.45, 7) is 8.92. The van der Waals surface area contributed by atoms with Crippen LogP contribution in [0.1, 0.15) is 85.5 Å². The summed E-state index contributed by atoms with van der Waals surface area (Å²) in [4.78, 5) is 26.0. The lowest BCUT2D eigenvalue weighted by Crippen LogP contribution is -2.31. The monoisotopic (exact) mass is 538 g/mol. The van der Waals surface area contributed by atoms with Crippen molar-refractivity contribution in [3.63, 3.8) is 0 Å². The molecule has 0 fully saturated rings. The lowest BCUT2D eigenvalue weighted by Gasteiger charge is -2.26. The van der Waals surface area contributed by atoms with Gasteiger partial charge in [-0.15, -0.1) is 0 Å². The van der Waals surface area contributed by atoms with E-state index in [1.807, 2.05) is 6.92 Å². The highest BCUT2D eigenvalue weighted by atomic mass is 31.2. The molecule has 0 bridgehead atoms. The van der Waals surface area contributed by atoms with E-state index < -0.39 is 31.6 Å². The Kier molecular flexibility index (Phi) is 21.4. The van der Waals surface area contributed by atoms with Gasteiger partial charge >= 0.3 is 19.5 Å². The molecule has 0 aromatic carbocycles. The topological polar surface area (TPSA) is 107 Å². The lowest BCUT2D eigenvalue weighted by atomic mass is 10.0. The van der Waals surface area contributed by atoms with Gasteiger partial charge in [0.1, 0.15) is 0 Å². The first-order valence-corrected chi connectivity index (χ1v) is 15.1. The lowest BCUT2D eigenvalue weighted by molar-refractivity contribution is -0.152. The number of unbranched alkanes of at least 4 members (excludes halogenated alkanes) is 2. The molecule has 0 rings (SSSR count). The van der Waals surface area contributed by atoms with Gasteiger partial charge in [0, 0.05) is 14.2 Å². The van der Waals surface area contributed by atoms with Gasteiger partial charge < -0.3 is 28.0 Å². The average molecular weight is 539 g/mol. The summed E-state index contributed by atoms with van der Waals surface area (Å²) in [5, 5.41) is 0. The standard InChI is InChI=1S/C26H51O9P/c1-7-11-13-22(9-3)20-32-25(27)19-24(26(28)33-21-23(10-4)14-12-8-2)36(29,34-17-15-30-5)35-18-16-31-6/h22-24H,7-21H2,1-6H3. The number of carbonyl (C=O) groups is 2. The van der Waals surface area contributed by atoms with Crippen LogP contribution in [0.15, 0.2) is 0 Å². The Labute approximate surface area is 218 Å². The Morgan fingerprint density at radius 3 is 1.61 bits per heavy atom. The molecule has 0 aromatic rings. The molecule has 9 nitrogen and oxygen atoms in total. The zero-order valence-electron chi connectivity index (χ0n) is 23.5. The van der Waals surface area contributed by atoms with Crippen molar-refractivity contribution in [2.75, 3.05) is 53.9 Å². The maximum Gasteiger partial charge on any atom is 0.345 e. The van der Waals surface area contributed by atoms with Crippen LogP contribution in [0, 0.1) is 11.8 Å². The molecule has 0 aliphatic heterocycles. The number of hydrogen-bond acceptors (Lipinski definition) is 9. The Morgan fingerprint density at radius 2 is 1.19 bits per heavy atom. The second kappa shape index (κ2) is 22.0. The van der Waals surface area contributed by atoms with Gasteiger partial charge in [0.15, 0.2) is 5.66 Å². The summed E-state index contributed by atoms with van der Waals surface area (Å²) in [6.07, 6.45) is 7.36. The minimum Gasteiger partial charge on any atom is -0.465 e. The first-order chi connectivity index (χ1) is 17.3. The van der Waals surface area contributed by atoms with Crippen molar-refractivity contribution in [3.05, 3.63) is 0 Å². The molecular formula is C26H51O9P. The summed E-state index contributed by atoms with van der Waals surface area (Å²) >= 11 is 0. The zero-order valence-corrected chi connectivity index (χ0v) is 24.4. The van der Waals surface area contributed by atoms with Crippen molar-refractivity contribution in [3.8, 4) is 0 Å². The Balaban J connectivity index is 5.58. The van der Waals surface area contributed by atoms with Crippen molar-refractivity contribution >= 4 is 19.5 Å². The highest BCUT2D eigenvalue weighted by Gasteiger charge is 2.45. The van der Waals surface area contributed by atoms with Crippen molar-refractivity contribution in [2.45, 2.75) is 91.1 Å². The minimum absolute atomic E-state index is 0.0669. The normalized spacial score (nSPS) is 14.3. The van der Waals surface area contributed by atoms with Crippen LogP contribution in [0.5, 0.6) is 0 Å². The largest absolute Gasteiger partial charge is 0.465 e. The summed E-state index contributed by atoms with van der Waals surface area (Å²) in [6, 6.07) is 0. The molecule has 0 aliphatic carbocycles. The van der Waals surface area contributed by atoms with Crippen molar-refractivity contribution < 1.29 is 42.1 Å². The van der Waals surface area contributed by atoms with Crippen LogP contribution >= 0.6 is 7.60 Å². The molecule has 3 atom stereocenters. The van der Waals surface area contributed by atoms with Gasteiger partial charge in [0.2, 0.25) is 0 Å². The number of carbonyl (C=O) groups excluding carboxylic acids is 2. The average Bonchev–Trinajstić information content (AvgIpc) is 2.87. The summed E-state index contributed by atoms with van der Waals surface area (Å²) in [5.41, 5.74) is -1.43. The predicted octanol–water partition coefficient (Wildman–Crippen LogP) is 5.78. The fraction of sp³-hybridized carbons (Fsp3) is 0.923. The van der Waals surface area contributed by atoms with Crippen molar-refractivity contribution in [1.29, 1.82) is 0 Å². The summed E-state index contributed by atoms with van der Waals surface area (Å²) in [7, 11) is -1.14. The highest BCUT2D eigenvalue weighted by Crippen LogP contribution is 2.55. The molecule has 10 heteroatoms.